The summed E-state index contributed by atoms with van der Waals surface area (Å²) in [6.07, 6.45) is 0.699. The van der Waals surface area contributed by atoms with Crippen LogP contribution in [0.3, 0.4) is 0 Å². The number of hydrogen-bond acceptors (Lipinski definition) is 2. The number of carbonyl (C=O) groups is 2. The Morgan fingerprint density at radius 1 is 1.19 bits per heavy atom. The number of aromatic carboxylic acids is 1. The molecular weight excluding hydrogens is 268 g/mol. The quantitative estimate of drug-likeness (QED) is 0.893. The van der Waals surface area contributed by atoms with E-state index in [1.54, 1.807) is 24.3 Å². The monoisotopic (exact) mass is 290 g/mol. The van der Waals surface area contributed by atoms with Crippen molar-refractivity contribution in [1.29, 1.82) is 0 Å². The molecule has 5 nitrogen and oxygen atoms in total. The number of carboxylic acids is 1. The second-order valence-corrected chi connectivity index (χ2v) is 5.84. The van der Waals surface area contributed by atoms with Crippen LogP contribution < -0.4 is 5.32 Å². The molecule has 5 heteroatoms. The topological polar surface area (TPSA) is 69.6 Å². The number of rotatable bonds is 4. The van der Waals surface area contributed by atoms with Crippen LogP contribution >= 0.6 is 0 Å². The first-order valence-corrected chi connectivity index (χ1v) is 7.32. The van der Waals surface area contributed by atoms with Gasteiger partial charge in [0.2, 0.25) is 0 Å². The van der Waals surface area contributed by atoms with Gasteiger partial charge in [0, 0.05) is 19.6 Å². The Morgan fingerprint density at radius 3 is 2.29 bits per heavy atom. The lowest BCUT2D eigenvalue weighted by Crippen LogP contribution is -2.39. The lowest BCUT2D eigenvalue weighted by atomic mass is 10.0. The molecule has 0 radical (unpaired) electrons. The Morgan fingerprint density at radius 2 is 1.76 bits per heavy atom. The normalized spacial score (nSPS) is 21.3. The molecular formula is C16H22N2O3. The van der Waals surface area contributed by atoms with Gasteiger partial charge >= 0.3 is 12.0 Å². The van der Waals surface area contributed by atoms with Gasteiger partial charge in [0.05, 0.1) is 5.56 Å². The Balaban J connectivity index is 1.76. The third kappa shape index (κ3) is 3.97. The molecule has 1 aromatic carbocycles. The largest absolute Gasteiger partial charge is 0.478 e. The van der Waals surface area contributed by atoms with Gasteiger partial charge in [-0.3, -0.25) is 0 Å². The number of hydrogen-bond donors (Lipinski definition) is 2. The second-order valence-electron chi connectivity index (χ2n) is 5.84. The molecule has 2 rings (SSSR count). The Kier molecular flexibility index (Phi) is 4.83. The highest BCUT2D eigenvalue weighted by Crippen LogP contribution is 2.21. The molecule has 0 saturated carbocycles. The van der Waals surface area contributed by atoms with Crippen LogP contribution in [0.15, 0.2) is 24.3 Å². The van der Waals surface area contributed by atoms with Crippen LogP contribution in [0.2, 0.25) is 0 Å². The van der Waals surface area contributed by atoms with E-state index < -0.39 is 5.97 Å². The van der Waals surface area contributed by atoms with Crippen LogP contribution in [0.4, 0.5) is 4.79 Å². The maximum absolute atomic E-state index is 12.0. The van der Waals surface area contributed by atoms with E-state index in [4.69, 9.17) is 5.11 Å². The predicted octanol–water partition coefficient (Wildman–Crippen LogP) is 2.22. The van der Waals surface area contributed by atoms with Gasteiger partial charge in [-0.1, -0.05) is 26.0 Å². The van der Waals surface area contributed by atoms with Gasteiger partial charge < -0.3 is 15.3 Å². The Labute approximate surface area is 125 Å². The average molecular weight is 290 g/mol. The minimum absolute atomic E-state index is 0.00615. The average Bonchev–Trinajstić information content (AvgIpc) is 2.79. The summed E-state index contributed by atoms with van der Waals surface area (Å²) in [5, 5.41) is 11.7. The standard InChI is InChI=1S/C16H22N2O3/c1-11-9-18(10-12(11)2)16(21)17-8-7-13-3-5-14(6-4-13)15(19)20/h3-6,11-12H,7-10H2,1-2H3,(H,17,21)(H,19,20). The molecule has 0 aliphatic carbocycles. The zero-order valence-corrected chi connectivity index (χ0v) is 12.5. The molecule has 2 atom stereocenters. The number of nitrogens with one attached hydrogen (secondary N) is 1. The molecule has 0 bridgehead atoms. The highest BCUT2D eigenvalue weighted by molar-refractivity contribution is 5.87. The Hall–Kier alpha value is -2.04. The minimum atomic E-state index is -0.924. The molecule has 2 N–H and O–H groups in total. The summed E-state index contributed by atoms with van der Waals surface area (Å²) in [5.41, 5.74) is 1.30. The maximum atomic E-state index is 12.0. The molecule has 1 aromatic rings. The van der Waals surface area contributed by atoms with E-state index in [1.807, 2.05) is 4.90 Å². The van der Waals surface area contributed by atoms with E-state index in [-0.39, 0.29) is 11.6 Å². The molecule has 21 heavy (non-hydrogen) atoms. The first-order chi connectivity index (χ1) is 9.97. The van der Waals surface area contributed by atoms with Crippen LogP contribution in [0.1, 0.15) is 29.8 Å². The summed E-state index contributed by atoms with van der Waals surface area (Å²) in [7, 11) is 0. The molecule has 2 amide bonds. The third-order valence-electron chi connectivity index (χ3n) is 4.17. The number of urea groups is 1. The summed E-state index contributed by atoms with van der Waals surface area (Å²) >= 11 is 0. The molecule has 0 aromatic heterocycles. The third-order valence-corrected chi connectivity index (χ3v) is 4.17. The van der Waals surface area contributed by atoms with Crippen molar-refractivity contribution in [2.75, 3.05) is 19.6 Å². The van der Waals surface area contributed by atoms with Crippen molar-refractivity contribution >= 4 is 12.0 Å². The number of benzene rings is 1. The molecule has 1 heterocycles. The van der Waals surface area contributed by atoms with Gasteiger partial charge in [0.15, 0.2) is 0 Å². The second kappa shape index (κ2) is 6.61. The predicted molar refractivity (Wildman–Crippen MR) is 80.4 cm³/mol. The van der Waals surface area contributed by atoms with Gasteiger partial charge in [0.25, 0.3) is 0 Å². The summed E-state index contributed by atoms with van der Waals surface area (Å²) in [5.74, 6) is 0.186. The number of carbonyl (C=O) groups excluding carboxylic acids is 1. The van der Waals surface area contributed by atoms with Crippen LogP contribution in [0.25, 0.3) is 0 Å². The molecule has 2 unspecified atom stereocenters. The van der Waals surface area contributed by atoms with Crippen molar-refractivity contribution in [3.63, 3.8) is 0 Å². The van der Waals surface area contributed by atoms with Crippen LogP contribution in [-0.4, -0.2) is 41.6 Å². The van der Waals surface area contributed by atoms with Crippen molar-refractivity contribution in [3.8, 4) is 0 Å². The number of nitrogens with zero attached hydrogens (tertiary/aromatic N) is 1. The smallest absolute Gasteiger partial charge is 0.335 e. The van der Waals surface area contributed by atoms with Crippen molar-refractivity contribution < 1.29 is 14.7 Å². The first kappa shape index (κ1) is 15.4. The van der Waals surface area contributed by atoms with Crippen molar-refractivity contribution in [2.24, 2.45) is 11.8 Å². The van der Waals surface area contributed by atoms with E-state index in [1.165, 1.54) is 0 Å². The van der Waals surface area contributed by atoms with Gasteiger partial charge in [0.1, 0.15) is 0 Å². The lowest BCUT2D eigenvalue weighted by Gasteiger charge is -2.17. The lowest BCUT2D eigenvalue weighted by molar-refractivity contribution is 0.0697. The van der Waals surface area contributed by atoms with Crippen molar-refractivity contribution in [3.05, 3.63) is 35.4 Å². The summed E-state index contributed by atoms with van der Waals surface area (Å²) < 4.78 is 0. The van der Waals surface area contributed by atoms with Gasteiger partial charge in [-0.15, -0.1) is 0 Å². The fourth-order valence-corrected chi connectivity index (χ4v) is 2.54. The number of likely N-dealkylation sites (tertiary alicyclic amines) is 1. The van der Waals surface area contributed by atoms with Crippen molar-refractivity contribution in [2.45, 2.75) is 20.3 Å². The fraction of sp³-hybridized carbons (Fsp3) is 0.500. The zero-order chi connectivity index (χ0) is 15.4. The highest BCUT2D eigenvalue weighted by Gasteiger charge is 2.28. The van der Waals surface area contributed by atoms with Gasteiger partial charge in [-0.2, -0.15) is 0 Å². The molecule has 1 saturated heterocycles. The SMILES string of the molecule is CC1CN(C(=O)NCCc2ccc(C(=O)O)cc2)CC1C. The van der Waals surface area contributed by atoms with Crippen LogP contribution in [-0.2, 0) is 6.42 Å². The fourth-order valence-electron chi connectivity index (χ4n) is 2.54. The first-order valence-electron chi connectivity index (χ1n) is 7.32. The van der Waals surface area contributed by atoms with E-state index in [2.05, 4.69) is 19.2 Å². The zero-order valence-electron chi connectivity index (χ0n) is 12.5. The molecule has 1 aliphatic heterocycles. The van der Waals surface area contributed by atoms with Gasteiger partial charge in [-0.25, -0.2) is 9.59 Å². The van der Waals surface area contributed by atoms with E-state index >= 15 is 0 Å². The van der Waals surface area contributed by atoms with Gasteiger partial charge in [-0.05, 0) is 36.0 Å². The summed E-state index contributed by atoms with van der Waals surface area (Å²) in [6.45, 7) is 6.54. The number of amides is 2. The molecule has 1 fully saturated rings. The summed E-state index contributed by atoms with van der Waals surface area (Å²) in [6, 6.07) is 6.74. The van der Waals surface area contributed by atoms with Crippen molar-refractivity contribution in [1.82, 2.24) is 10.2 Å². The highest BCUT2D eigenvalue weighted by atomic mass is 16.4. The minimum Gasteiger partial charge on any atom is -0.478 e. The van der Waals surface area contributed by atoms with Crippen LogP contribution in [0.5, 0.6) is 0 Å². The molecule has 114 valence electrons. The van der Waals surface area contributed by atoms with Crippen LogP contribution in [0, 0.1) is 11.8 Å². The maximum Gasteiger partial charge on any atom is 0.335 e. The summed E-state index contributed by atoms with van der Waals surface area (Å²) in [4.78, 5) is 24.6. The van der Waals surface area contributed by atoms with E-state index in [0.717, 1.165) is 18.7 Å². The number of carboxylic acid groups (broad SMARTS) is 1. The molecule has 1 aliphatic rings. The molecule has 0 spiro atoms. The Bertz CT molecular complexity index is 503. The van der Waals surface area contributed by atoms with E-state index in [9.17, 15) is 9.59 Å². The van der Waals surface area contributed by atoms with E-state index in [0.29, 0.717) is 24.8 Å².